The maximum atomic E-state index is 4.25. The van der Waals surface area contributed by atoms with E-state index in [1.165, 1.54) is 11.3 Å². The third-order valence-corrected chi connectivity index (χ3v) is 7.16. The summed E-state index contributed by atoms with van der Waals surface area (Å²) in [6.07, 6.45) is 5.18. The summed E-state index contributed by atoms with van der Waals surface area (Å²) < 4.78 is 1.88. The van der Waals surface area contributed by atoms with E-state index in [1.807, 2.05) is 17.9 Å². The largest absolute Gasteiger partial charge is 0.316 e. The second-order valence-corrected chi connectivity index (χ2v) is 8.07. The predicted octanol–water partition coefficient (Wildman–Crippen LogP) is 2.18. The Morgan fingerprint density at radius 1 is 1.50 bits per heavy atom. The van der Waals surface area contributed by atoms with Gasteiger partial charge in [-0.2, -0.15) is 28.6 Å². The van der Waals surface area contributed by atoms with E-state index in [9.17, 15) is 0 Å². The molecule has 0 aromatic carbocycles. The molecular weight excluding hydrogens is 262 g/mol. The summed E-state index contributed by atoms with van der Waals surface area (Å²) in [5, 5.41) is 9.98. The zero-order chi connectivity index (χ0) is 13.1. The minimum atomic E-state index is 0.543. The van der Waals surface area contributed by atoms with Crippen molar-refractivity contribution >= 4 is 23.5 Å². The van der Waals surface area contributed by atoms with E-state index in [0.29, 0.717) is 11.3 Å². The summed E-state index contributed by atoms with van der Waals surface area (Å²) in [6.45, 7) is 4.69. The Hall–Kier alpha value is -0.130. The van der Waals surface area contributed by atoms with Crippen LogP contribution < -0.4 is 5.32 Å². The Morgan fingerprint density at radius 2 is 2.28 bits per heavy atom. The fourth-order valence-electron chi connectivity index (χ4n) is 2.27. The van der Waals surface area contributed by atoms with Crippen LogP contribution in [0.3, 0.4) is 0 Å². The summed E-state index contributed by atoms with van der Waals surface area (Å²) in [4.78, 5) is 0. The van der Waals surface area contributed by atoms with Gasteiger partial charge in [-0.1, -0.05) is 13.8 Å². The molecule has 0 radical (unpaired) electrons. The van der Waals surface area contributed by atoms with E-state index in [4.69, 9.17) is 0 Å². The van der Waals surface area contributed by atoms with Gasteiger partial charge >= 0.3 is 0 Å². The van der Waals surface area contributed by atoms with E-state index < -0.39 is 0 Å². The van der Waals surface area contributed by atoms with Gasteiger partial charge in [-0.25, -0.2) is 0 Å². The molecule has 18 heavy (non-hydrogen) atoms. The molecule has 0 amide bonds. The van der Waals surface area contributed by atoms with E-state index >= 15 is 0 Å². The number of aryl methyl sites for hydroxylation is 1. The Bertz CT molecular complexity index is 380. The molecule has 1 aliphatic heterocycles. The van der Waals surface area contributed by atoms with Crippen LogP contribution in [0.25, 0.3) is 0 Å². The first-order valence-corrected chi connectivity index (χ1v) is 8.51. The Morgan fingerprint density at radius 3 is 2.83 bits per heavy atom. The highest BCUT2D eigenvalue weighted by atomic mass is 32.2. The number of hydrogen-bond donors (Lipinski definition) is 1. The fraction of sp³-hybridized carbons (Fsp3) is 0.769. The SMILES string of the molecule is CNC(Cc1cnn(C)c1)C1CSC(C)C(C)S1. The molecule has 1 N–H and O–H groups in total. The van der Waals surface area contributed by atoms with Crippen molar-refractivity contribution in [1.29, 1.82) is 0 Å². The van der Waals surface area contributed by atoms with Crippen LogP contribution in [0.1, 0.15) is 19.4 Å². The van der Waals surface area contributed by atoms with Crippen LogP contribution in [0.5, 0.6) is 0 Å². The fourth-order valence-corrected chi connectivity index (χ4v) is 5.44. The van der Waals surface area contributed by atoms with Gasteiger partial charge in [-0.05, 0) is 19.0 Å². The van der Waals surface area contributed by atoms with E-state index in [1.54, 1.807) is 0 Å². The predicted molar refractivity (Wildman–Crippen MR) is 82.5 cm³/mol. The molecule has 0 saturated carbocycles. The molecule has 3 nitrogen and oxygen atoms in total. The first-order valence-electron chi connectivity index (χ1n) is 6.52. The molecule has 2 heterocycles. The van der Waals surface area contributed by atoms with Gasteiger partial charge in [-0.3, -0.25) is 4.68 Å². The van der Waals surface area contributed by atoms with Gasteiger partial charge in [0.2, 0.25) is 0 Å². The molecule has 0 aliphatic carbocycles. The van der Waals surface area contributed by atoms with Crippen LogP contribution in [0.15, 0.2) is 12.4 Å². The third-order valence-electron chi connectivity index (χ3n) is 3.61. The summed E-state index contributed by atoms with van der Waals surface area (Å²) in [5.74, 6) is 1.25. The molecule has 1 aromatic rings. The van der Waals surface area contributed by atoms with E-state index in [0.717, 1.165) is 16.9 Å². The average molecular weight is 285 g/mol. The molecule has 0 bridgehead atoms. The van der Waals surface area contributed by atoms with Crippen molar-refractivity contribution in [2.24, 2.45) is 7.05 Å². The van der Waals surface area contributed by atoms with Crippen LogP contribution in [0.4, 0.5) is 0 Å². The minimum Gasteiger partial charge on any atom is -0.316 e. The van der Waals surface area contributed by atoms with Crippen molar-refractivity contribution in [3.8, 4) is 0 Å². The molecule has 1 aromatic heterocycles. The van der Waals surface area contributed by atoms with Gasteiger partial charge in [0.15, 0.2) is 0 Å². The van der Waals surface area contributed by atoms with Crippen molar-refractivity contribution in [2.75, 3.05) is 12.8 Å². The van der Waals surface area contributed by atoms with Crippen LogP contribution in [0, 0.1) is 0 Å². The molecule has 2 rings (SSSR count). The number of aromatic nitrogens is 2. The number of nitrogens with zero attached hydrogens (tertiary/aromatic N) is 2. The highest BCUT2D eigenvalue weighted by Gasteiger charge is 2.30. The summed E-state index contributed by atoms with van der Waals surface area (Å²) in [7, 11) is 4.06. The van der Waals surface area contributed by atoms with Gasteiger partial charge in [0, 0.05) is 40.8 Å². The molecule has 0 spiro atoms. The number of rotatable bonds is 4. The number of hydrogen-bond acceptors (Lipinski definition) is 4. The maximum Gasteiger partial charge on any atom is 0.0522 e. The van der Waals surface area contributed by atoms with Crippen molar-refractivity contribution in [3.63, 3.8) is 0 Å². The van der Waals surface area contributed by atoms with E-state index in [-0.39, 0.29) is 0 Å². The van der Waals surface area contributed by atoms with Crippen molar-refractivity contribution in [1.82, 2.24) is 15.1 Å². The van der Waals surface area contributed by atoms with Crippen LogP contribution in [-0.4, -0.2) is 44.4 Å². The van der Waals surface area contributed by atoms with Gasteiger partial charge < -0.3 is 5.32 Å². The lowest BCUT2D eigenvalue weighted by atomic mass is 10.1. The number of likely N-dealkylation sites (N-methyl/N-ethyl adjacent to an activating group) is 1. The van der Waals surface area contributed by atoms with Gasteiger partial charge in [0.05, 0.1) is 6.20 Å². The second-order valence-electron chi connectivity index (χ2n) is 5.04. The van der Waals surface area contributed by atoms with Gasteiger partial charge in [0.25, 0.3) is 0 Å². The zero-order valence-corrected chi connectivity index (χ0v) is 13.2. The smallest absolute Gasteiger partial charge is 0.0522 e. The molecule has 1 saturated heterocycles. The van der Waals surface area contributed by atoms with Crippen molar-refractivity contribution in [3.05, 3.63) is 18.0 Å². The van der Waals surface area contributed by atoms with E-state index in [2.05, 4.69) is 61.0 Å². The second kappa shape index (κ2) is 6.35. The standard InChI is InChI=1S/C13H23N3S2/c1-9-10(2)18-13(8-17-9)12(14-3)5-11-6-15-16(4)7-11/h6-7,9-10,12-14H,5,8H2,1-4H3. The average Bonchev–Trinajstić information content (AvgIpc) is 2.75. The zero-order valence-electron chi connectivity index (χ0n) is 11.6. The monoisotopic (exact) mass is 285 g/mol. The van der Waals surface area contributed by atoms with Crippen molar-refractivity contribution < 1.29 is 0 Å². The Kier molecular flexibility index (Phi) is 5.04. The first-order chi connectivity index (χ1) is 8.60. The highest BCUT2D eigenvalue weighted by Crippen LogP contribution is 2.37. The Balaban J connectivity index is 1.96. The normalized spacial score (nSPS) is 30.3. The molecule has 5 heteroatoms. The lowest BCUT2D eigenvalue weighted by molar-refractivity contribution is 0.554. The first kappa shape index (κ1) is 14.3. The topological polar surface area (TPSA) is 29.9 Å². The quantitative estimate of drug-likeness (QED) is 0.918. The molecule has 1 aliphatic rings. The molecule has 4 atom stereocenters. The van der Waals surface area contributed by atoms with Crippen LogP contribution in [0.2, 0.25) is 0 Å². The Labute approximate surface area is 118 Å². The van der Waals surface area contributed by atoms with Gasteiger partial charge in [-0.15, -0.1) is 0 Å². The molecular formula is C13H23N3S2. The minimum absolute atomic E-state index is 0.543. The van der Waals surface area contributed by atoms with Crippen LogP contribution in [-0.2, 0) is 13.5 Å². The van der Waals surface area contributed by atoms with Crippen molar-refractivity contribution in [2.45, 2.75) is 42.1 Å². The third kappa shape index (κ3) is 3.45. The molecule has 1 fully saturated rings. The number of nitrogens with one attached hydrogen (secondary N) is 1. The maximum absolute atomic E-state index is 4.25. The molecule has 102 valence electrons. The van der Waals surface area contributed by atoms with Crippen LogP contribution >= 0.6 is 23.5 Å². The summed E-state index contributed by atoms with van der Waals surface area (Å²) >= 11 is 4.25. The number of thioether (sulfide) groups is 2. The highest BCUT2D eigenvalue weighted by molar-refractivity contribution is 8.07. The summed E-state index contributed by atoms with van der Waals surface area (Å²) in [5.41, 5.74) is 1.33. The summed E-state index contributed by atoms with van der Waals surface area (Å²) in [6, 6.07) is 0.543. The lowest BCUT2D eigenvalue weighted by Gasteiger charge is -2.35. The van der Waals surface area contributed by atoms with Gasteiger partial charge in [0.1, 0.15) is 0 Å². The molecule has 4 unspecified atom stereocenters. The lowest BCUT2D eigenvalue weighted by Crippen LogP contribution is -2.43.